The minimum atomic E-state index is 0.236. The summed E-state index contributed by atoms with van der Waals surface area (Å²) in [6.07, 6.45) is 2.75. The highest BCUT2D eigenvalue weighted by Crippen LogP contribution is 2.33. The van der Waals surface area contributed by atoms with Gasteiger partial charge in [0.15, 0.2) is 0 Å². The molecule has 18 heavy (non-hydrogen) atoms. The Morgan fingerprint density at radius 1 is 1.22 bits per heavy atom. The lowest BCUT2D eigenvalue weighted by molar-refractivity contribution is -0.0169. The molecule has 0 aliphatic carbocycles. The normalized spacial score (nSPS) is 34.3. The topological polar surface area (TPSA) is 32.5 Å². The van der Waals surface area contributed by atoms with Crippen LogP contribution in [-0.2, 0) is 0 Å². The monoisotopic (exact) mass is 253 g/mol. The zero-order valence-corrected chi connectivity index (χ0v) is 12.8. The smallest absolute Gasteiger partial charge is 0.0296 e. The third-order valence-electron chi connectivity index (χ3n) is 4.73. The third-order valence-corrected chi connectivity index (χ3v) is 4.73. The molecule has 0 aromatic rings. The van der Waals surface area contributed by atoms with Gasteiger partial charge in [-0.3, -0.25) is 9.80 Å². The van der Waals surface area contributed by atoms with Crippen LogP contribution >= 0.6 is 0 Å². The number of rotatable bonds is 2. The van der Waals surface area contributed by atoms with Crippen molar-refractivity contribution in [2.75, 3.05) is 19.6 Å². The average molecular weight is 253 g/mol. The van der Waals surface area contributed by atoms with Crippen LogP contribution in [0.2, 0.25) is 0 Å². The summed E-state index contributed by atoms with van der Waals surface area (Å²) in [5.41, 5.74) is 6.55. The lowest BCUT2D eigenvalue weighted by Gasteiger charge is -2.51. The maximum absolute atomic E-state index is 6.30. The fraction of sp³-hybridized carbons (Fsp3) is 1.00. The standard InChI is InChI=1S/C15H31N3/c1-11-9-17-8-6-7-13(17)10-18(11)14(12(2)16)15(3,4)5/h11-14H,6-10,16H2,1-5H3. The maximum atomic E-state index is 6.30. The van der Waals surface area contributed by atoms with Crippen LogP contribution < -0.4 is 5.73 Å². The molecule has 0 amide bonds. The molecule has 3 nitrogen and oxygen atoms in total. The van der Waals surface area contributed by atoms with E-state index in [1.807, 2.05) is 0 Å². The van der Waals surface area contributed by atoms with Gasteiger partial charge in [0, 0.05) is 37.3 Å². The molecule has 0 radical (unpaired) electrons. The van der Waals surface area contributed by atoms with Crippen LogP contribution in [0.3, 0.4) is 0 Å². The van der Waals surface area contributed by atoms with Gasteiger partial charge in [0.25, 0.3) is 0 Å². The summed E-state index contributed by atoms with van der Waals surface area (Å²) < 4.78 is 0. The molecule has 0 aromatic heterocycles. The van der Waals surface area contributed by atoms with Crippen molar-refractivity contribution in [3.8, 4) is 0 Å². The van der Waals surface area contributed by atoms with Gasteiger partial charge in [-0.05, 0) is 38.6 Å². The Hall–Kier alpha value is -0.120. The molecule has 2 aliphatic heterocycles. The van der Waals surface area contributed by atoms with E-state index in [-0.39, 0.29) is 11.5 Å². The number of hydrogen-bond donors (Lipinski definition) is 1. The molecule has 0 aromatic carbocycles. The Labute approximate surface area is 113 Å². The summed E-state index contributed by atoms with van der Waals surface area (Å²) in [5, 5.41) is 0. The molecule has 2 fully saturated rings. The summed E-state index contributed by atoms with van der Waals surface area (Å²) in [7, 11) is 0. The van der Waals surface area contributed by atoms with Gasteiger partial charge in [0.05, 0.1) is 0 Å². The average Bonchev–Trinajstić information content (AvgIpc) is 2.62. The van der Waals surface area contributed by atoms with Gasteiger partial charge in [0.2, 0.25) is 0 Å². The Morgan fingerprint density at radius 2 is 1.89 bits per heavy atom. The second-order valence-corrected chi connectivity index (χ2v) is 7.51. The first kappa shape index (κ1) is 14.3. The predicted molar refractivity (Wildman–Crippen MR) is 77.7 cm³/mol. The molecule has 2 saturated heterocycles. The number of fused-ring (bicyclic) bond motifs is 1. The van der Waals surface area contributed by atoms with Gasteiger partial charge in [-0.2, -0.15) is 0 Å². The zero-order valence-electron chi connectivity index (χ0n) is 12.8. The van der Waals surface area contributed by atoms with E-state index in [1.54, 1.807) is 0 Å². The quantitative estimate of drug-likeness (QED) is 0.816. The van der Waals surface area contributed by atoms with Crippen molar-refractivity contribution >= 4 is 0 Å². The first-order valence-electron chi connectivity index (χ1n) is 7.56. The predicted octanol–water partition coefficient (Wildman–Crippen LogP) is 1.92. The van der Waals surface area contributed by atoms with E-state index in [2.05, 4.69) is 44.4 Å². The van der Waals surface area contributed by atoms with Crippen LogP contribution in [0.4, 0.5) is 0 Å². The van der Waals surface area contributed by atoms with Gasteiger partial charge in [-0.25, -0.2) is 0 Å². The SMILES string of the molecule is CC(N)C(N1CC2CCCN2CC1C)C(C)(C)C. The molecule has 4 atom stereocenters. The van der Waals surface area contributed by atoms with Crippen molar-refractivity contribution in [3.63, 3.8) is 0 Å². The summed E-state index contributed by atoms with van der Waals surface area (Å²) in [6, 6.07) is 2.13. The molecule has 2 rings (SSSR count). The first-order valence-corrected chi connectivity index (χ1v) is 7.56. The Morgan fingerprint density at radius 3 is 2.44 bits per heavy atom. The minimum absolute atomic E-state index is 0.236. The molecule has 0 bridgehead atoms. The van der Waals surface area contributed by atoms with Gasteiger partial charge in [-0.1, -0.05) is 20.8 Å². The van der Waals surface area contributed by atoms with E-state index in [0.717, 1.165) is 6.04 Å². The van der Waals surface area contributed by atoms with E-state index in [9.17, 15) is 0 Å². The Bertz CT molecular complexity index is 282. The van der Waals surface area contributed by atoms with Crippen LogP contribution in [0.25, 0.3) is 0 Å². The Balaban J connectivity index is 2.14. The third kappa shape index (κ3) is 2.73. The van der Waals surface area contributed by atoms with Crippen LogP contribution in [0.15, 0.2) is 0 Å². The molecule has 0 spiro atoms. The zero-order chi connectivity index (χ0) is 13.5. The summed E-state index contributed by atoms with van der Waals surface area (Å²) >= 11 is 0. The summed E-state index contributed by atoms with van der Waals surface area (Å²) in [6.45, 7) is 15.3. The summed E-state index contributed by atoms with van der Waals surface area (Å²) in [5.74, 6) is 0. The minimum Gasteiger partial charge on any atom is -0.327 e. The molecule has 2 N–H and O–H groups in total. The van der Waals surface area contributed by atoms with Crippen LogP contribution in [0.5, 0.6) is 0 Å². The largest absolute Gasteiger partial charge is 0.327 e. The van der Waals surface area contributed by atoms with Crippen molar-refractivity contribution in [1.82, 2.24) is 9.80 Å². The van der Waals surface area contributed by atoms with E-state index in [1.165, 1.54) is 32.5 Å². The van der Waals surface area contributed by atoms with Crippen LogP contribution in [-0.4, -0.2) is 53.6 Å². The first-order chi connectivity index (χ1) is 8.30. The highest BCUT2D eigenvalue weighted by Gasteiger charge is 2.41. The molecule has 106 valence electrons. The molecule has 0 saturated carbocycles. The van der Waals surface area contributed by atoms with E-state index in [0.29, 0.717) is 12.1 Å². The van der Waals surface area contributed by atoms with Crippen LogP contribution in [0, 0.1) is 5.41 Å². The fourth-order valence-corrected chi connectivity index (χ4v) is 4.19. The Kier molecular flexibility index (Phi) is 4.05. The fourth-order valence-electron chi connectivity index (χ4n) is 4.19. The molecule has 2 aliphatic rings. The molecule has 3 heteroatoms. The highest BCUT2D eigenvalue weighted by atomic mass is 15.3. The van der Waals surface area contributed by atoms with Crippen molar-refractivity contribution in [1.29, 1.82) is 0 Å². The van der Waals surface area contributed by atoms with Gasteiger partial charge < -0.3 is 5.73 Å². The lowest BCUT2D eigenvalue weighted by atomic mass is 9.80. The van der Waals surface area contributed by atoms with Crippen molar-refractivity contribution in [3.05, 3.63) is 0 Å². The van der Waals surface area contributed by atoms with E-state index in [4.69, 9.17) is 5.73 Å². The second-order valence-electron chi connectivity index (χ2n) is 7.51. The number of nitrogens with two attached hydrogens (primary N) is 1. The van der Waals surface area contributed by atoms with E-state index >= 15 is 0 Å². The summed E-state index contributed by atoms with van der Waals surface area (Å²) in [4.78, 5) is 5.37. The highest BCUT2D eigenvalue weighted by molar-refractivity contribution is 4.98. The number of hydrogen-bond acceptors (Lipinski definition) is 3. The molecular formula is C15H31N3. The van der Waals surface area contributed by atoms with Gasteiger partial charge in [0.1, 0.15) is 0 Å². The van der Waals surface area contributed by atoms with Crippen LogP contribution in [0.1, 0.15) is 47.5 Å². The number of nitrogens with zero attached hydrogens (tertiary/aromatic N) is 2. The van der Waals surface area contributed by atoms with Crippen molar-refractivity contribution < 1.29 is 0 Å². The van der Waals surface area contributed by atoms with Crippen molar-refractivity contribution in [2.45, 2.75) is 71.6 Å². The molecule has 2 heterocycles. The molecule has 4 unspecified atom stereocenters. The van der Waals surface area contributed by atoms with Crippen molar-refractivity contribution in [2.24, 2.45) is 11.1 Å². The lowest BCUT2D eigenvalue weighted by Crippen LogP contribution is -2.64. The maximum Gasteiger partial charge on any atom is 0.0296 e. The van der Waals surface area contributed by atoms with Gasteiger partial charge >= 0.3 is 0 Å². The van der Waals surface area contributed by atoms with Gasteiger partial charge in [-0.15, -0.1) is 0 Å². The molecular weight excluding hydrogens is 222 g/mol. The number of piperazine rings is 1. The van der Waals surface area contributed by atoms with E-state index < -0.39 is 0 Å². The second kappa shape index (κ2) is 5.10.